The number of amides is 1. The van der Waals surface area contributed by atoms with Crippen molar-refractivity contribution < 1.29 is 31.1 Å². The van der Waals surface area contributed by atoms with E-state index in [1.54, 1.807) is 64.8 Å². The van der Waals surface area contributed by atoms with Gasteiger partial charge in [0, 0.05) is 18.7 Å². The Kier molecular flexibility index (Phi) is 7.96. The highest BCUT2D eigenvalue weighted by molar-refractivity contribution is 8.05. The lowest BCUT2D eigenvalue weighted by Gasteiger charge is -2.29. The van der Waals surface area contributed by atoms with E-state index in [0.29, 0.717) is 22.6 Å². The van der Waals surface area contributed by atoms with Crippen LogP contribution in [0, 0.1) is 11.3 Å². The minimum Gasteiger partial charge on any atom is -0.497 e. The highest BCUT2D eigenvalue weighted by Crippen LogP contribution is 2.32. The van der Waals surface area contributed by atoms with Crippen LogP contribution in [0.5, 0.6) is 11.5 Å². The number of nitrogens with one attached hydrogen (secondary N) is 1. The fraction of sp³-hybridized carbons (Fsp3) is 0.259. The van der Waals surface area contributed by atoms with Gasteiger partial charge in [-0.15, -0.1) is 4.13 Å². The minimum atomic E-state index is -4.47. The second-order valence-electron chi connectivity index (χ2n) is 9.25. The Morgan fingerprint density at radius 2 is 1.51 bits per heavy atom. The first kappa shape index (κ1) is 28.1. The molecule has 0 saturated carbocycles. The number of likely N-dealkylation sites (tertiary alicyclic amines) is 1. The van der Waals surface area contributed by atoms with Gasteiger partial charge in [0.15, 0.2) is 0 Å². The number of hydrogen-bond acceptors (Lipinski definition) is 8. The molecule has 1 saturated heterocycles. The molecular formula is C27H27N3O7S2. The van der Waals surface area contributed by atoms with Gasteiger partial charge >= 0.3 is 0 Å². The third-order valence-electron chi connectivity index (χ3n) is 6.48. The molecule has 1 aliphatic heterocycles. The predicted octanol–water partition coefficient (Wildman–Crippen LogP) is 2.78. The summed E-state index contributed by atoms with van der Waals surface area (Å²) in [5.74, 6) is 0.558. The Bertz CT molecular complexity index is 1600. The van der Waals surface area contributed by atoms with Crippen LogP contribution in [0.15, 0.2) is 72.8 Å². The maximum Gasteiger partial charge on any atom is 0.253 e. The van der Waals surface area contributed by atoms with Gasteiger partial charge < -0.3 is 14.4 Å². The van der Waals surface area contributed by atoms with Crippen molar-refractivity contribution in [3.05, 3.63) is 83.9 Å². The first-order valence-electron chi connectivity index (χ1n) is 11.9. The average molecular weight is 570 g/mol. The van der Waals surface area contributed by atoms with Gasteiger partial charge in [-0.05, 0) is 66.1 Å². The van der Waals surface area contributed by atoms with Crippen molar-refractivity contribution >= 4 is 26.0 Å². The molecule has 3 aromatic carbocycles. The van der Waals surface area contributed by atoms with E-state index in [-0.39, 0.29) is 32.0 Å². The number of carbonyl (C=O) groups excluding carboxylic acids is 1. The van der Waals surface area contributed by atoms with Crippen LogP contribution in [0.4, 0.5) is 0 Å². The molecule has 12 heteroatoms. The summed E-state index contributed by atoms with van der Waals surface area (Å²) in [4.78, 5) is 14.5. The molecule has 1 aliphatic rings. The summed E-state index contributed by atoms with van der Waals surface area (Å²) in [6, 6.07) is 22.5. The molecule has 0 radical (unpaired) electrons. The van der Waals surface area contributed by atoms with E-state index < -0.39 is 24.8 Å². The first-order chi connectivity index (χ1) is 18.4. The molecule has 3 aromatic rings. The topological polar surface area (TPSA) is 143 Å². The van der Waals surface area contributed by atoms with Crippen LogP contribution >= 0.6 is 0 Å². The van der Waals surface area contributed by atoms with E-state index in [2.05, 4.69) is 6.07 Å². The van der Waals surface area contributed by atoms with E-state index in [4.69, 9.17) is 14.7 Å². The van der Waals surface area contributed by atoms with Crippen LogP contribution in [-0.4, -0.2) is 65.5 Å². The lowest BCUT2D eigenvalue weighted by molar-refractivity contribution is 0.0785. The van der Waals surface area contributed by atoms with Crippen molar-refractivity contribution in [3.63, 3.8) is 0 Å². The number of hydrogen-bond donors (Lipinski definition) is 1. The smallest absolute Gasteiger partial charge is 0.253 e. The van der Waals surface area contributed by atoms with Gasteiger partial charge in [0.1, 0.15) is 22.9 Å². The molecule has 39 heavy (non-hydrogen) atoms. The molecule has 10 nitrogen and oxygen atoms in total. The average Bonchev–Trinajstić information content (AvgIpc) is 3.37. The van der Waals surface area contributed by atoms with Crippen LogP contribution in [-0.2, 0) is 20.0 Å². The molecule has 204 valence electrons. The second-order valence-corrected chi connectivity index (χ2v) is 13.3. The Hall–Kier alpha value is -3.92. The van der Waals surface area contributed by atoms with E-state index in [9.17, 15) is 21.6 Å². The number of nitriles is 1. The zero-order valence-electron chi connectivity index (χ0n) is 21.3. The molecular weight excluding hydrogens is 542 g/mol. The fourth-order valence-corrected chi connectivity index (χ4v) is 7.53. The van der Waals surface area contributed by atoms with Crippen molar-refractivity contribution in [2.45, 2.75) is 11.2 Å². The molecule has 1 unspecified atom stereocenters. The minimum absolute atomic E-state index is 0.0247. The molecule has 4 rings (SSSR count). The van der Waals surface area contributed by atoms with E-state index in [1.807, 2.05) is 12.1 Å². The molecule has 0 aliphatic carbocycles. The van der Waals surface area contributed by atoms with Crippen molar-refractivity contribution in [3.8, 4) is 28.7 Å². The molecule has 0 bridgehead atoms. The number of carbonyl (C=O) groups is 1. The summed E-state index contributed by atoms with van der Waals surface area (Å²) >= 11 is 0. The number of sulfonamides is 2. The van der Waals surface area contributed by atoms with Gasteiger partial charge in [-0.1, -0.05) is 24.3 Å². The lowest BCUT2D eigenvalue weighted by Crippen LogP contribution is -2.53. The van der Waals surface area contributed by atoms with Gasteiger partial charge in [-0.3, -0.25) is 4.79 Å². The van der Waals surface area contributed by atoms with Gasteiger partial charge in [-0.25, -0.2) is 16.8 Å². The summed E-state index contributed by atoms with van der Waals surface area (Å²) in [5.41, 5.74) is 2.65. The summed E-state index contributed by atoms with van der Waals surface area (Å²) in [6.45, 7) is -0.539. The third kappa shape index (κ3) is 6.39. The Morgan fingerprint density at radius 1 is 0.949 bits per heavy atom. The Morgan fingerprint density at radius 3 is 2.05 bits per heavy atom. The molecule has 0 aromatic heterocycles. The Balaban J connectivity index is 1.55. The second kappa shape index (κ2) is 11.1. The van der Waals surface area contributed by atoms with E-state index in [0.717, 1.165) is 17.4 Å². The monoisotopic (exact) mass is 569 g/mol. The molecule has 1 heterocycles. The number of methoxy groups -OCH3 is 1. The zero-order chi connectivity index (χ0) is 28.3. The molecule has 1 atom stereocenters. The van der Waals surface area contributed by atoms with Crippen molar-refractivity contribution in [2.75, 3.05) is 33.1 Å². The number of ether oxygens (including phenoxy) is 2. The summed E-state index contributed by atoms with van der Waals surface area (Å²) in [7, 11) is -7.07. The maximum absolute atomic E-state index is 13.3. The highest BCUT2D eigenvalue weighted by Gasteiger charge is 2.52. The van der Waals surface area contributed by atoms with Crippen molar-refractivity contribution in [1.82, 2.24) is 9.03 Å². The predicted molar refractivity (Wildman–Crippen MR) is 145 cm³/mol. The van der Waals surface area contributed by atoms with Gasteiger partial charge in [0.2, 0.25) is 20.0 Å². The molecule has 1 N–H and O–H groups in total. The highest BCUT2D eigenvalue weighted by atomic mass is 32.3. The largest absolute Gasteiger partial charge is 0.497 e. The van der Waals surface area contributed by atoms with Gasteiger partial charge in [-0.2, -0.15) is 5.26 Å². The molecule has 1 fully saturated rings. The normalized spacial score (nSPS) is 17.4. The quantitative estimate of drug-likeness (QED) is 0.415. The standard InChI is InChI=1S/C27H27N3O7S2/c1-36-24-11-9-23(10-12-24)26(31)30-16-15-27(18-30,39(34,35)29-38(2,32)33)19-37-25-13-7-22(8-14-25)21-5-3-20(17-28)4-6-21/h3-14,29H,15-16,18-19H2,1-2H3. The fourth-order valence-electron chi connectivity index (χ4n) is 4.33. The van der Waals surface area contributed by atoms with Crippen LogP contribution in [0.1, 0.15) is 22.3 Å². The van der Waals surface area contributed by atoms with Gasteiger partial charge in [0.05, 0.1) is 25.0 Å². The van der Waals surface area contributed by atoms with E-state index in [1.165, 1.54) is 12.0 Å². The van der Waals surface area contributed by atoms with Crippen molar-refractivity contribution in [2.24, 2.45) is 0 Å². The summed E-state index contributed by atoms with van der Waals surface area (Å²) < 4.78 is 61.5. The van der Waals surface area contributed by atoms with E-state index >= 15 is 0 Å². The maximum atomic E-state index is 13.3. The van der Waals surface area contributed by atoms with Crippen LogP contribution in [0.3, 0.4) is 0 Å². The van der Waals surface area contributed by atoms with Crippen LogP contribution in [0.2, 0.25) is 0 Å². The first-order valence-corrected chi connectivity index (χ1v) is 15.2. The molecule has 1 amide bonds. The Labute approximate surface area is 227 Å². The number of benzene rings is 3. The summed E-state index contributed by atoms with van der Waals surface area (Å²) in [5, 5.41) is 8.98. The zero-order valence-corrected chi connectivity index (χ0v) is 23.0. The molecule has 0 spiro atoms. The van der Waals surface area contributed by atoms with Crippen LogP contribution in [0.25, 0.3) is 11.1 Å². The van der Waals surface area contributed by atoms with Crippen LogP contribution < -0.4 is 13.6 Å². The lowest BCUT2D eigenvalue weighted by atomic mass is 10.0. The SMILES string of the molecule is COc1ccc(C(=O)N2CCC(COc3ccc(-c4ccc(C#N)cc4)cc3)(S(=O)(=O)NS(C)(=O)=O)C2)cc1. The summed E-state index contributed by atoms with van der Waals surface area (Å²) in [6.07, 6.45) is 0.735. The number of rotatable bonds is 9. The van der Waals surface area contributed by atoms with Crippen molar-refractivity contribution in [1.29, 1.82) is 5.26 Å². The number of nitrogens with zero attached hydrogens (tertiary/aromatic N) is 2. The van der Waals surface area contributed by atoms with Gasteiger partial charge in [0.25, 0.3) is 5.91 Å². The third-order valence-corrected chi connectivity index (χ3v) is 10.2.